The molecule has 0 atom stereocenters. The van der Waals surface area contributed by atoms with Gasteiger partial charge in [-0.1, -0.05) is 18.2 Å². The van der Waals surface area contributed by atoms with Gasteiger partial charge in [-0.15, -0.1) is 0 Å². The second-order valence-electron chi connectivity index (χ2n) is 8.15. The summed E-state index contributed by atoms with van der Waals surface area (Å²) in [4.78, 5) is 26.3. The number of carbonyl (C=O) groups excluding carboxylic acids is 2. The minimum atomic E-state index is -3.69. The normalized spacial score (nSPS) is 14.1. The number of rotatable bonds is 9. The average Bonchev–Trinajstić information content (AvgIpc) is 2.82. The van der Waals surface area contributed by atoms with Crippen LogP contribution in [-0.2, 0) is 24.3 Å². The standard InChI is InChI=1S/C24H30N4O6S/c1-18-5-4-6-19(2)24(18)28(35(3,31)32)16-22(29)26-25-15-20-7-9-21(10-8-20)34-17-23(30)27-11-13-33-14-12-27/h4-10,15H,11-14,16-17H2,1-3H3,(H,26,29)/b25-15-. The number of hydrogen-bond donors (Lipinski definition) is 1. The van der Waals surface area contributed by atoms with E-state index < -0.39 is 22.5 Å². The fourth-order valence-corrected chi connectivity index (χ4v) is 4.58. The number of morpholine rings is 1. The van der Waals surface area contributed by atoms with Crippen LogP contribution < -0.4 is 14.5 Å². The fraction of sp³-hybridized carbons (Fsp3) is 0.375. The third-order valence-corrected chi connectivity index (χ3v) is 6.50. The Labute approximate surface area is 205 Å². The summed E-state index contributed by atoms with van der Waals surface area (Å²) in [7, 11) is -3.69. The molecule has 1 aliphatic heterocycles. The lowest BCUT2D eigenvalue weighted by molar-refractivity contribution is -0.137. The SMILES string of the molecule is Cc1cccc(C)c1N(CC(=O)N/N=C\c1ccc(OCC(=O)N2CCOCC2)cc1)S(C)(=O)=O. The van der Waals surface area contributed by atoms with Crippen LogP contribution in [0.25, 0.3) is 0 Å². The summed E-state index contributed by atoms with van der Waals surface area (Å²) in [6.45, 7) is 5.34. The van der Waals surface area contributed by atoms with Crippen LogP contribution >= 0.6 is 0 Å². The predicted molar refractivity (Wildman–Crippen MR) is 133 cm³/mol. The second-order valence-corrected chi connectivity index (χ2v) is 10.1. The first-order valence-corrected chi connectivity index (χ1v) is 12.9. The van der Waals surface area contributed by atoms with Crippen LogP contribution in [-0.4, -0.2) is 77.1 Å². The number of para-hydroxylation sites is 1. The van der Waals surface area contributed by atoms with E-state index in [4.69, 9.17) is 9.47 Å². The molecule has 0 radical (unpaired) electrons. The second kappa shape index (κ2) is 11.8. The molecule has 0 aromatic heterocycles. The van der Waals surface area contributed by atoms with E-state index in [1.54, 1.807) is 55.1 Å². The van der Waals surface area contributed by atoms with Gasteiger partial charge in [-0.3, -0.25) is 13.9 Å². The molecule has 1 fully saturated rings. The van der Waals surface area contributed by atoms with Crippen LogP contribution in [0.3, 0.4) is 0 Å². The van der Waals surface area contributed by atoms with Crippen LogP contribution in [0.5, 0.6) is 5.75 Å². The maximum Gasteiger partial charge on any atom is 0.260 e. The van der Waals surface area contributed by atoms with E-state index in [1.807, 2.05) is 6.07 Å². The first kappa shape index (κ1) is 26.2. The summed E-state index contributed by atoms with van der Waals surface area (Å²) in [6.07, 6.45) is 2.50. The van der Waals surface area contributed by atoms with Gasteiger partial charge in [0.15, 0.2) is 6.61 Å². The number of nitrogens with one attached hydrogen (secondary N) is 1. The molecule has 0 spiro atoms. The summed E-state index contributed by atoms with van der Waals surface area (Å²) in [5.74, 6) is -0.133. The molecule has 1 aliphatic rings. The molecule has 0 bridgehead atoms. The molecule has 1 heterocycles. The molecule has 2 aromatic carbocycles. The number of amides is 2. The van der Waals surface area contributed by atoms with E-state index in [1.165, 1.54) is 6.21 Å². The Bertz CT molecular complexity index is 1150. The lowest BCUT2D eigenvalue weighted by atomic mass is 10.1. The Morgan fingerprint density at radius 1 is 1.11 bits per heavy atom. The van der Waals surface area contributed by atoms with Crippen molar-refractivity contribution in [2.45, 2.75) is 13.8 Å². The van der Waals surface area contributed by atoms with Gasteiger partial charge in [-0.2, -0.15) is 5.10 Å². The summed E-state index contributed by atoms with van der Waals surface area (Å²) in [5.41, 5.74) is 5.04. The number of nitrogens with zero attached hydrogens (tertiary/aromatic N) is 3. The smallest absolute Gasteiger partial charge is 0.260 e. The number of ether oxygens (including phenoxy) is 2. The highest BCUT2D eigenvalue weighted by atomic mass is 32.2. The number of hydrogen-bond acceptors (Lipinski definition) is 7. The minimum Gasteiger partial charge on any atom is -0.484 e. The highest BCUT2D eigenvalue weighted by molar-refractivity contribution is 7.92. The molecule has 3 rings (SSSR count). The molecule has 2 amide bonds. The van der Waals surface area contributed by atoms with Crippen molar-refractivity contribution in [1.29, 1.82) is 0 Å². The highest BCUT2D eigenvalue weighted by Gasteiger charge is 2.23. The molecule has 2 aromatic rings. The molecule has 0 saturated carbocycles. The van der Waals surface area contributed by atoms with Gasteiger partial charge in [0.2, 0.25) is 10.0 Å². The molecule has 1 saturated heterocycles. The monoisotopic (exact) mass is 502 g/mol. The fourth-order valence-electron chi connectivity index (χ4n) is 3.61. The zero-order valence-electron chi connectivity index (χ0n) is 20.1. The van der Waals surface area contributed by atoms with Gasteiger partial charge in [-0.05, 0) is 54.8 Å². The first-order chi connectivity index (χ1) is 16.6. The highest BCUT2D eigenvalue weighted by Crippen LogP contribution is 2.26. The molecule has 0 aliphatic carbocycles. The summed E-state index contributed by atoms with van der Waals surface area (Å²) in [5, 5.41) is 3.92. The number of aryl methyl sites for hydroxylation is 2. The molecule has 35 heavy (non-hydrogen) atoms. The van der Waals surface area contributed by atoms with Gasteiger partial charge in [0, 0.05) is 13.1 Å². The van der Waals surface area contributed by atoms with Crippen LogP contribution in [0.15, 0.2) is 47.6 Å². The van der Waals surface area contributed by atoms with Gasteiger partial charge in [-0.25, -0.2) is 13.8 Å². The van der Waals surface area contributed by atoms with E-state index >= 15 is 0 Å². The van der Waals surface area contributed by atoms with Crippen LogP contribution in [0.4, 0.5) is 5.69 Å². The average molecular weight is 503 g/mol. The Hall–Kier alpha value is -3.44. The molecule has 11 heteroatoms. The van der Waals surface area contributed by atoms with Crippen molar-refractivity contribution in [1.82, 2.24) is 10.3 Å². The van der Waals surface area contributed by atoms with E-state index in [0.29, 0.717) is 43.3 Å². The Balaban J connectivity index is 1.53. The molecule has 0 unspecified atom stereocenters. The Morgan fingerprint density at radius 2 is 1.74 bits per heavy atom. The van der Waals surface area contributed by atoms with Crippen molar-refractivity contribution in [3.63, 3.8) is 0 Å². The zero-order chi connectivity index (χ0) is 25.4. The zero-order valence-corrected chi connectivity index (χ0v) is 20.9. The molecular weight excluding hydrogens is 472 g/mol. The van der Waals surface area contributed by atoms with Crippen molar-refractivity contribution in [3.05, 3.63) is 59.2 Å². The van der Waals surface area contributed by atoms with Gasteiger partial charge in [0.25, 0.3) is 11.8 Å². The van der Waals surface area contributed by atoms with Crippen molar-refractivity contribution in [2.75, 3.05) is 50.0 Å². The molecule has 188 valence electrons. The quantitative estimate of drug-likeness (QED) is 0.410. The summed E-state index contributed by atoms with van der Waals surface area (Å²) >= 11 is 0. The molecule has 1 N–H and O–H groups in total. The van der Waals surface area contributed by atoms with Crippen LogP contribution in [0.1, 0.15) is 16.7 Å². The van der Waals surface area contributed by atoms with Gasteiger partial charge < -0.3 is 14.4 Å². The maximum atomic E-state index is 12.4. The number of carbonyl (C=O) groups is 2. The number of benzene rings is 2. The van der Waals surface area contributed by atoms with E-state index in [2.05, 4.69) is 10.5 Å². The molecular formula is C24H30N4O6S. The number of anilines is 1. The van der Waals surface area contributed by atoms with Gasteiger partial charge in [0.05, 0.1) is 31.4 Å². The lowest BCUT2D eigenvalue weighted by Gasteiger charge is -2.26. The predicted octanol–water partition coefficient (Wildman–Crippen LogP) is 1.46. The maximum absolute atomic E-state index is 12.4. The van der Waals surface area contributed by atoms with Crippen LogP contribution in [0, 0.1) is 13.8 Å². The van der Waals surface area contributed by atoms with Gasteiger partial charge in [0.1, 0.15) is 12.3 Å². The topological polar surface area (TPSA) is 118 Å². The van der Waals surface area contributed by atoms with Crippen molar-refractivity contribution in [3.8, 4) is 5.75 Å². The van der Waals surface area contributed by atoms with Crippen molar-refractivity contribution < 1.29 is 27.5 Å². The lowest BCUT2D eigenvalue weighted by Crippen LogP contribution is -2.42. The largest absolute Gasteiger partial charge is 0.484 e. The van der Waals surface area contributed by atoms with E-state index in [0.717, 1.165) is 21.7 Å². The molecule has 10 nitrogen and oxygen atoms in total. The van der Waals surface area contributed by atoms with Gasteiger partial charge >= 0.3 is 0 Å². The summed E-state index contributed by atoms with van der Waals surface area (Å²) < 4.78 is 36.6. The van der Waals surface area contributed by atoms with Crippen LogP contribution in [0.2, 0.25) is 0 Å². The Morgan fingerprint density at radius 3 is 2.34 bits per heavy atom. The van der Waals surface area contributed by atoms with Crippen molar-refractivity contribution >= 4 is 33.7 Å². The minimum absolute atomic E-state index is 0.0549. The summed E-state index contributed by atoms with van der Waals surface area (Å²) in [6, 6.07) is 12.3. The number of sulfonamides is 1. The van der Waals surface area contributed by atoms with Crippen molar-refractivity contribution in [2.24, 2.45) is 5.10 Å². The third-order valence-electron chi connectivity index (χ3n) is 5.39. The first-order valence-electron chi connectivity index (χ1n) is 11.1. The number of hydrazone groups is 1. The third kappa shape index (κ3) is 7.52. The Kier molecular flexibility index (Phi) is 8.83. The van der Waals surface area contributed by atoms with E-state index in [9.17, 15) is 18.0 Å². The van der Waals surface area contributed by atoms with E-state index in [-0.39, 0.29) is 12.5 Å².